The molecule has 6 heteroatoms. The summed E-state index contributed by atoms with van der Waals surface area (Å²) in [4.78, 5) is 12.3. The van der Waals surface area contributed by atoms with Gasteiger partial charge < -0.3 is 24.3 Å². The molecular weight excluding hydrogens is 1140 g/mol. The third-order valence-electron chi connectivity index (χ3n) is 18.7. The Bertz CT molecular complexity index is 5090. The molecule has 0 spiro atoms. The van der Waals surface area contributed by atoms with E-state index in [1.54, 1.807) is 0 Å². The van der Waals surface area contributed by atoms with E-state index in [9.17, 15) is 0 Å². The van der Waals surface area contributed by atoms with E-state index in [0.717, 1.165) is 107 Å². The van der Waals surface area contributed by atoms with Gasteiger partial charge in [0.2, 0.25) is 0 Å². The van der Waals surface area contributed by atoms with Crippen molar-refractivity contribution < 1.29 is 4.74 Å². The minimum atomic E-state index is -0.183. The van der Waals surface area contributed by atoms with Crippen LogP contribution in [0.4, 0.5) is 68.2 Å². The van der Waals surface area contributed by atoms with Gasteiger partial charge in [-0.3, -0.25) is 0 Å². The molecular formula is C86H58N4OS. The lowest BCUT2D eigenvalue weighted by molar-refractivity contribution is 0.452. The average Bonchev–Trinajstić information content (AvgIpc) is 0.697. The van der Waals surface area contributed by atoms with Crippen LogP contribution in [-0.2, 0) is 0 Å². The van der Waals surface area contributed by atoms with Crippen molar-refractivity contribution in [2.45, 2.75) is 21.6 Å². The number of rotatable bonds is 11. The van der Waals surface area contributed by atoms with Crippen molar-refractivity contribution in [3.8, 4) is 44.9 Å². The van der Waals surface area contributed by atoms with Crippen LogP contribution in [0, 0.1) is 0 Å². The summed E-state index contributed by atoms with van der Waals surface area (Å²) in [6.07, 6.45) is 0. The summed E-state index contributed by atoms with van der Waals surface area (Å²) in [5.41, 5.74) is 27.3. The van der Waals surface area contributed by atoms with Crippen LogP contribution in [0.2, 0.25) is 0 Å². The Morgan fingerprint density at radius 1 is 0.261 bits per heavy atom. The fourth-order valence-electron chi connectivity index (χ4n) is 14.7. The molecule has 0 aliphatic carbocycles. The predicted molar refractivity (Wildman–Crippen MR) is 380 cm³/mol. The molecule has 0 saturated carbocycles. The molecule has 0 N–H and O–H groups in total. The average molecular weight is 1200 g/mol. The third kappa shape index (κ3) is 8.93. The summed E-state index contributed by atoms with van der Waals surface area (Å²) >= 11 is 1.90. The monoisotopic (exact) mass is 1190 g/mol. The van der Waals surface area contributed by atoms with Crippen LogP contribution in [0.25, 0.3) is 33.4 Å². The Morgan fingerprint density at radius 2 is 0.761 bits per heavy atom. The van der Waals surface area contributed by atoms with E-state index in [1.807, 2.05) is 11.8 Å². The van der Waals surface area contributed by atoms with E-state index in [2.05, 4.69) is 359 Å². The Morgan fingerprint density at radius 3 is 1.46 bits per heavy atom. The molecule has 14 aromatic rings. The second-order valence-electron chi connectivity index (χ2n) is 23.9. The van der Waals surface area contributed by atoms with E-state index < -0.39 is 0 Å². The fourth-order valence-corrected chi connectivity index (χ4v) is 15.9. The lowest BCUT2D eigenvalue weighted by Gasteiger charge is -2.45. The van der Waals surface area contributed by atoms with Gasteiger partial charge in [0.25, 0.3) is 0 Å². The molecule has 0 radical (unpaired) electrons. The van der Waals surface area contributed by atoms with Gasteiger partial charge in [0, 0.05) is 84.1 Å². The van der Waals surface area contributed by atoms with Crippen LogP contribution < -0.4 is 24.3 Å². The standard InChI is InChI=1S/C86H58N4OS/c1-7-26-57(27-8-1)59-46-48-65(49-47-59)88(66-39-25-32-61(50-66)58-28-9-2-10-29-58)67-51-77-85-80(53-67)91-79-45-24-21-42-71(79)84(85)72-55-73-81(56-76(72)90(77)74-43-22-19-40-69(74)60-30-11-3-12-31-60)92-82-54-68(87(62-33-13-4-14-34-62)63-35-15-5-16-36-63)52-78-86(82)83(73)70-41-20-23-44-75(70)89(78)64-37-17-6-18-38-64/h1-56,83-84H. The molecule has 0 saturated heterocycles. The molecule has 434 valence electrons. The van der Waals surface area contributed by atoms with Gasteiger partial charge in [0.05, 0.1) is 34.1 Å². The molecule has 0 amide bonds. The van der Waals surface area contributed by atoms with Crippen LogP contribution in [0.5, 0.6) is 11.5 Å². The molecule has 18 rings (SSSR count). The van der Waals surface area contributed by atoms with E-state index in [0.29, 0.717) is 0 Å². The maximum absolute atomic E-state index is 7.42. The Kier molecular flexibility index (Phi) is 12.9. The molecule has 92 heavy (non-hydrogen) atoms. The minimum Gasteiger partial charge on any atom is -0.457 e. The first-order valence-electron chi connectivity index (χ1n) is 31.5. The van der Waals surface area contributed by atoms with Gasteiger partial charge in [0.1, 0.15) is 11.5 Å². The number of hydrogen-bond donors (Lipinski definition) is 0. The molecule has 4 aliphatic heterocycles. The van der Waals surface area contributed by atoms with E-state index >= 15 is 0 Å². The molecule has 4 heterocycles. The van der Waals surface area contributed by atoms with Crippen molar-refractivity contribution in [3.05, 3.63) is 373 Å². The summed E-state index contributed by atoms with van der Waals surface area (Å²) in [6, 6.07) is 124. The lowest BCUT2D eigenvalue weighted by Crippen LogP contribution is -2.28. The number of hydrogen-bond acceptors (Lipinski definition) is 6. The van der Waals surface area contributed by atoms with Crippen molar-refractivity contribution in [1.82, 2.24) is 0 Å². The number of benzene rings is 14. The van der Waals surface area contributed by atoms with Crippen LogP contribution in [-0.4, -0.2) is 0 Å². The Balaban J connectivity index is 0.899. The minimum absolute atomic E-state index is 0.0921. The topological polar surface area (TPSA) is 22.2 Å². The van der Waals surface area contributed by atoms with Gasteiger partial charge in [-0.2, -0.15) is 0 Å². The maximum Gasteiger partial charge on any atom is 0.135 e. The van der Waals surface area contributed by atoms with Gasteiger partial charge in [-0.25, -0.2) is 0 Å². The number of fused-ring (bicyclic) bond motifs is 8. The van der Waals surface area contributed by atoms with Crippen LogP contribution >= 0.6 is 11.8 Å². The molecule has 0 aromatic heterocycles. The van der Waals surface area contributed by atoms with Crippen molar-refractivity contribution >= 4 is 80.0 Å². The molecule has 14 aromatic carbocycles. The summed E-state index contributed by atoms with van der Waals surface area (Å²) in [5, 5.41) is 0. The number of nitrogens with zero attached hydrogens (tertiary/aromatic N) is 4. The highest BCUT2D eigenvalue weighted by Crippen LogP contribution is 2.66. The molecule has 2 unspecified atom stereocenters. The smallest absolute Gasteiger partial charge is 0.135 e. The molecule has 0 bridgehead atoms. The first-order chi connectivity index (χ1) is 45.6. The van der Waals surface area contributed by atoms with Crippen molar-refractivity contribution in [2.24, 2.45) is 0 Å². The van der Waals surface area contributed by atoms with E-state index in [4.69, 9.17) is 4.74 Å². The summed E-state index contributed by atoms with van der Waals surface area (Å²) in [6.45, 7) is 0. The Labute approximate surface area is 540 Å². The number of anilines is 12. The predicted octanol–water partition coefficient (Wildman–Crippen LogP) is 24.1. The van der Waals surface area contributed by atoms with Gasteiger partial charge in [0.15, 0.2) is 0 Å². The molecule has 5 nitrogen and oxygen atoms in total. The van der Waals surface area contributed by atoms with Crippen molar-refractivity contribution in [3.63, 3.8) is 0 Å². The normalized spacial score (nSPS) is 14.3. The number of ether oxygens (including phenoxy) is 1. The number of para-hydroxylation sites is 6. The van der Waals surface area contributed by atoms with Crippen LogP contribution in [0.3, 0.4) is 0 Å². The van der Waals surface area contributed by atoms with Crippen LogP contribution in [0.1, 0.15) is 45.2 Å². The van der Waals surface area contributed by atoms with Gasteiger partial charge in [-0.1, -0.05) is 242 Å². The van der Waals surface area contributed by atoms with Crippen molar-refractivity contribution in [1.29, 1.82) is 0 Å². The van der Waals surface area contributed by atoms with Gasteiger partial charge in [-0.15, -0.1) is 0 Å². The molecule has 0 fully saturated rings. The first-order valence-corrected chi connectivity index (χ1v) is 32.4. The fraction of sp³-hybridized carbons (Fsp3) is 0.0233. The summed E-state index contributed by atoms with van der Waals surface area (Å²) in [7, 11) is 0. The zero-order valence-electron chi connectivity index (χ0n) is 50.1. The maximum atomic E-state index is 7.42. The molecule has 4 aliphatic rings. The van der Waals surface area contributed by atoms with Gasteiger partial charge >= 0.3 is 0 Å². The van der Waals surface area contributed by atoms with E-state index in [1.165, 1.54) is 49.0 Å². The van der Waals surface area contributed by atoms with Gasteiger partial charge in [-0.05, 0) is 148 Å². The third-order valence-corrected chi connectivity index (χ3v) is 19.8. The summed E-state index contributed by atoms with van der Waals surface area (Å²) < 4.78 is 7.42. The largest absolute Gasteiger partial charge is 0.457 e. The highest BCUT2D eigenvalue weighted by Gasteiger charge is 2.45. The van der Waals surface area contributed by atoms with Crippen molar-refractivity contribution in [2.75, 3.05) is 19.6 Å². The van der Waals surface area contributed by atoms with E-state index in [-0.39, 0.29) is 11.8 Å². The summed E-state index contributed by atoms with van der Waals surface area (Å²) in [5.74, 6) is 1.41. The molecule has 2 atom stereocenters. The van der Waals surface area contributed by atoms with Crippen LogP contribution in [0.15, 0.2) is 350 Å². The Hall–Kier alpha value is -11.6. The first kappa shape index (κ1) is 53.5. The zero-order chi connectivity index (χ0) is 60.6. The second kappa shape index (κ2) is 22.2. The highest BCUT2D eigenvalue weighted by atomic mass is 32.2. The quantitative estimate of drug-likeness (QED) is 0.128. The zero-order valence-corrected chi connectivity index (χ0v) is 50.9. The SMILES string of the molecule is c1ccc(-c2ccc(N(c3cccc(-c4ccccc4)c3)c3cc4c5c(c3)N(c3ccccc3-c3ccccc3)c3cc6c(cc3C5c3ccccc3O4)C3c4ccccc4N(c4ccccc4)c4cc(N(c5ccccc5)c5ccccc5)cc(c43)S6)cc2)cc1. The second-order valence-corrected chi connectivity index (χ2v) is 25.0. The lowest BCUT2D eigenvalue weighted by atomic mass is 9.74. The highest BCUT2D eigenvalue weighted by molar-refractivity contribution is 7.99.